The van der Waals surface area contributed by atoms with Crippen LogP contribution in [0.25, 0.3) is 33.4 Å². The molecule has 144 valence electrons. The molecule has 5 rings (SSSR count). The van der Waals surface area contributed by atoms with Gasteiger partial charge >= 0.3 is 0 Å². The molecule has 0 saturated carbocycles. The molecule has 4 aromatic carbocycles. The summed E-state index contributed by atoms with van der Waals surface area (Å²) in [5, 5.41) is 0. The predicted octanol–water partition coefficient (Wildman–Crippen LogP) is 8.23. The van der Waals surface area contributed by atoms with Crippen LogP contribution in [-0.4, -0.2) is 0 Å². The average molecular weight is 385 g/mol. The van der Waals surface area contributed by atoms with Gasteiger partial charge in [-0.25, -0.2) is 0 Å². The quantitative estimate of drug-likeness (QED) is 0.326. The Bertz CT molecular complexity index is 1170. The van der Waals surface area contributed by atoms with E-state index in [0.717, 1.165) is 0 Å². The van der Waals surface area contributed by atoms with Gasteiger partial charge in [0.15, 0.2) is 0 Å². The molecule has 0 heteroatoms. The molecule has 30 heavy (non-hydrogen) atoms. The third-order valence-corrected chi connectivity index (χ3v) is 6.08. The second kappa shape index (κ2) is 7.65. The van der Waals surface area contributed by atoms with Crippen molar-refractivity contribution in [3.63, 3.8) is 0 Å². The van der Waals surface area contributed by atoms with E-state index >= 15 is 0 Å². The lowest BCUT2D eigenvalue weighted by Gasteiger charge is -2.26. The fraction of sp³-hybridized carbons (Fsp3) is 0.0667. The lowest BCUT2D eigenvalue weighted by atomic mass is 9.78. The van der Waals surface area contributed by atoms with Gasteiger partial charge in [0.2, 0.25) is 0 Å². The predicted molar refractivity (Wildman–Crippen MR) is 130 cm³/mol. The van der Waals surface area contributed by atoms with E-state index in [9.17, 15) is 0 Å². The van der Waals surface area contributed by atoms with Gasteiger partial charge in [-0.05, 0) is 69.5 Å². The maximum atomic E-state index is 2.27. The summed E-state index contributed by atoms with van der Waals surface area (Å²) in [6.07, 6.45) is 0. The minimum atomic E-state index is 1.25. The van der Waals surface area contributed by atoms with Crippen LogP contribution in [0.1, 0.15) is 36.1 Å². The molecule has 0 N–H and O–H groups in total. The van der Waals surface area contributed by atoms with Crippen molar-refractivity contribution in [2.24, 2.45) is 0 Å². The molecular weight excluding hydrogens is 360 g/mol. The van der Waals surface area contributed by atoms with E-state index in [2.05, 4.69) is 123 Å². The van der Waals surface area contributed by atoms with E-state index in [-0.39, 0.29) is 0 Å². The molecule has 0 heterocycles. The highest BCUT2D eigenvalue weighted by molar-refractivity contribution is 6.23. The van der Waals surface area contributed by atoms with Crippen molar-refractivity contribution in [2.45, 2.75) is 13.8 Å². The molecule has 0 atom stereocenters. The molecule has 0 nitrogen and oxygen atoms in total. The van der Waals surface area contributed by atoms with Crippen LogP contribution in [0.2, 0.25) is 0 Å². The number of allylic oxidation sites excluding steroid dienone is 4. The van der Waals surface area contributed by atoms with Crippen LogP contribution >= 0.6 is 0 Å². The van der Waals surface area contributed by atoms with Crippen molar-refractivity contribution >= 4 is 22.3 Å². The minimum absolute atomic E-state index is 1.25. The normalized spacial score (nSPS) is 18.2. The van der Waals surface area contributed by atoms with Gasteiger partial charge in [0.25, 0.3) is 0 Å². The van der Waals surface area contributed by atoms with Gasteiger partial charge < -0.3 is 0 Å². The van der Waals surface area contributed by atoms with E-state index in [1.807, 2.05) is 0 Å². The lowest BCUT2D eigenvalue weighted by Crippen LogP contribution is -2.03. The average Bonchev–Trinajstić information content (AvgIpc) is 2.82. The van der Waals surface area contributed by atoms with Crippen LogP contribution in [0.5, 0.6) is 0 Å². The molecule has 0 fully saturated rings. The van der Waals surface area contributed by atoms with Crippen molar-refractivity contribution in [3.05, 3.63) is 131 Å². The second-order valence-electron chi connectivity index (χ2n) is 7.82. The number of hydrogen-bond acceptors (Lipinski definition) is 0. The highest BCUT2D eigenvalue weighted by Gasteiger charge is 2.23. The Balaban J connectivity index is 1.97. The molecule has 1 aliphatic carbocycles. The summed E-state index contributed by atoms with van der Waals surface area (Å²) in [6, 6.07) is 39.2. The molecule has 4 aromatic rings. The smallest absolute Gasteiger partial charge is 0.00670 e. The summed E-state index contributed by atoms with van der Waals surface area (Å²) in [4.78, 5) is 0. The molecule has 0 unspecified atom stereocenters. The first-order chi connectivity index (χ1) is 14.8. The molecule has 0 bridgehead atoms. The number of rotatable bonds is 2. The fourth-order valence-electron chi connectivity index (χ4n) is 4.67. The Morgan fingerprint density at radius 1 is 0.333 bits per heavy atom. The first-order valence-corrected chi connectivity index (χ1v) is 10.5. The zero-order valence-corrected chi connectivity index (χ0v) is 17.4. The van der Waals surface area contributed by atoms with E-state index in [4.69, 9.17) is 0 Å². The summed E-state index contributed by atoms with van der Waals surface area (Å²) < 4.78 is 0. The topological polar surface area (TPSA) is 0 Å². The minimum Gasteiger partial charge on any atom is -0.0622 e. The summed E-state index contributed by atoms with van der Waals surface area (Å²) in [7, 11) is 0. The van der Waals surface area contributed by atoms with Crippen LogP contribution in [0, 0.1) is 0 Å². The van der Waals surface area contributed by atoms with Gasteiger partial charge in [-0.2, -0.15) is 0 Å². The maximum Gasteiger partial charge on any atom is -0.00670 e. The van der Waals surface area contributed by atoms with E-state index in [1.165, 1.54) is 55.7 Å². The summed E-state index contributed by atoms with van der Waals surface area (Å²) >= 11 is 0. The fourth-order valence-corrected chi connectivity index (χ4v) is 4.67. The van der Waals surface area contributed by atoms with E-state index in [1.54, 1.807) is 0 Å². The van der Waals surface area contributed by atoms with E-state index in [0.29, 0.717) is 0 Å². The van der Waals surface area contributed by atoms with Crippen molar-refractivity contribution in [3.8, 4) is 11.1 Å². The van der Waals surface area contributed by atoms with Crippen LogP contribution in [-0.2, 0) is 0 Å². The molecule has 0 saturated heterocycles. The van der Waals surface area contributed by atoms with Crippen LogP contribution < -0.4 is 0 Å². The Labute approximate surface area is 178 Å². The Morgan fingerprint density at radius 3 is 1.00 bits per heavy atom. The van der Waals surface area contributed by atoms with Crippen molar-refractivity contribution in [1.82, 2.24) is 0 Å². The zero-order valence-electron chi connectivity index (χ0n) is 17.4. The molecule has 0 amide bonds. The van der Waals surface area contributed by atoms with Crippen molar-refractivity contribution in [2.75, 3.05) is 0 Å². The van der Waals surface area contributed by atoms with Gasteiger partial charge in [0, 0.05) is 0 Å². The van der Waals surface area contributed by atoms with Crippen LogP contribution in [0.4, 0.5) is 0 Å². The number of benzene rings is 4. The van der Waals surface area contributed by atoms with Gasteiger partial charge in [-0.3, -0.25) is 0 Å². The standard InChI is InChI=1S/C30H24/c1-21-25-17-9-11-19-27(25)28-20-12-10-18-26(28)22(2)30(24-15-7-4-8-16-24)29(21)23-13-5-3-6-14-23/h3-20H,1-2H3/b25-21?,26-22?,28-27?,29-21-,30-22-,30-29?. The molecule has 1 aliphatic rings. The molecule has 0 spiro atoms. The van der Waals surface area contributed by atoms with Gasteiger partial charge in [-0.1, -0.05) is 109 Å². The van der Waals surface area contributed by atoms with Crippen LogP contribution in [0.15, 0.2) is 109 Å². The summed E-state index contributed by atoms with van der Waals surface area (Å²) in [5.41, 5.74) is 12.9. The largest absolute Gasteiger partial charge is 0.0622 e. The highest BCUT2D eigenvalue weighted by atomic mass is 14.3. The lowest BCUT2D eigenvalue weighted by molar-refractivity contribution is 1.47. The SMILES string of the molecule is C/C1=C(c2ccccc2)/C(c2ccccc2)=C(/C)c2ccccc2-c2ccccc21. The third-order valence-electron chi connectivity index (χ3n) is 6.08. The Morgan fingerprint density at radius 2 is 0.633 bits per heavy atom. The molecular formula is C30H24. The monoisotopic (exact) mass is 384 g/mol. The zero-order chi connectivity index (χ0) is 20.5. The van der Waals surface area contributed by atoms with Crippen molar-refractivity contribution in [1.29, 1.82) is 0 Å². The highest BCUT2D eigenvalue weighted by Crippen LogP contribution is 2.47. The number of hydrogen-bond donors (Lipinski definition) is 0. The maximum absolute atomic E-state index is 2.27. The Kier molecular flexibility index (Phi) is 4.69. The van der Waals surface area contributed by atoms with E-state index < -0.39 is 0 Å². The molecule has 0 aromatic heterocycles. The van der Waals surface area contributed by atoms with Gasteiger partial charge in [0.1, 0.15) is 0 Å². The molecule has 0 aliphatic heterocycles. The third kappa shape index (κ3) is 3.02. The summed E-state index contributed by atoms with van der Waals surface area (Å²) in [5.74, 6) is 0. The Hall–Kier alpha value is -3.64. The summed E-state index contributed by atoms with van der Waals surface area (Å²) in [6.45, 7) is 4.54. The first-order valence-electron chi connectivity index (χ1n) is 10.5. The van der Waals surface area contributed by atoms with Crippen molar-refractivity contribution < 1.29 is 0 Å². The second-order valence-corrected chi connectivity index (χ2v) is 7.82. The molecule has 0 radical (unpaired) electrons. The first kappa shape index (κ1) is 18.4. The van der Waals surface area contributed by atoms with Gasteiger partial charge in [-0.15, -0.1) is 0 Å². The number of fused-ring (bicyclic) bond motifs is 3. The van der Waals surface area contributed by atoms with Gasteiger partial charge in [0.05, 0.1) is 0 Å². The van der Waals surface area contributed by atoms with Crippen LogP contribution in [0.3, 0.4) is 0 Å².